The molecule has 1 N–H and O–H groups in total. The Balaban J connectivity index is 1.51. The zero-order valence-corrected chi connectivity index (χ0v) is 16.4. The van der Waals surface area contributed by atoms with E-state index in [0.717, 1.165) is 42.5 Å². The number of benzene rings is 1. The molecule has 1 aliphatic carbocycles. The third kappa shape index (κ3) is 3.71. The van der Waals surface area contributed by atoms with Gasteiger partial charge in [0.1, 0.15) is 5.00 Å². The molecule has 0 fully saturated rings. The number of hydrogen-bond donors (Lipinski definition) is 1. The van der Waals surface area contributed by atoms with Gasteiger partial charge in [0.15, 0.2) is 0 Å². The number of para-hydroxylation sites is 1. The average Bonchev–Trinajstić information content (AvgIpc) is 3.32. The second-order valence-electron chi connectivity index (χ2n) is 6.76. The lowest BCUT2D eigenvalue weighted by molar-refractivity contribution is -0.115. The summed E-state index contributed by atoms with van der Waals surface area (Å²) in [5.74, 6) is -0.553. The average molecular weight is 395 g/mol. The summed E-state index contributed by atoms with van der Waals surface area (Å²) in [5, 5.41) is 7.84. The van der Waals surface area contributed by atoms with Crippen LogP contribution in [0, 0.1) is 0 Å². The number of ether oxygens (including phenoxy) is 1. The number of thiophene rings is 1. The fourth-order valence-electron chi connectivity index (χ4n) is 3.50. The summed E-state index contributed by atoms with van der Waals surface area (Å²) in [6, 6.07) is 9.73. The van der Waals surface area contributed by atoms with Crippen LogP contribution in [0.3, 0.4) is 0 Å². The number of nitrogens with one attached hydrogen (secondary N) is 1. The molecular weight excluding hydrogens is 374 g/mol. The van der Waals surface area contributed by atoms with Gasteiger partial charge in [-0.25, -0.2) is 9.48 Å². The first-order valence-corrected chi connectivity index (χ1v) is 10.1. The highest BCUT2D eigenvalue weighted by molar-refractivity contribution is 7.17. The summed E-state index contributed by atoms with van der Waals surface area (Å²) >= 11 is 1.49. The molecule has 28 heavy (non-hydrogen) atoms. The Hall–Kier alpha value is -2.93. The number of hydrogen-bond acceptors (Lipinski definition) is 5. The predicted octanol–water partition coefficient (Wildman–Crippen LogP) is 3.78. The molecule has 0 aliphatic heterocycles. The van der Waals surface area contributed by atoms with Crippen LogP contribution in [0.2, 0.25) is 0 Å². The lowest BCUT2D eigenvalue weighted by atomic mass is 9.95. The number of aromatic nitrogens is 2. The van der Waals surface area contributed by atoms with Crippen molar-refractivity contribution in [2.24, 2.45) is 0 Å². The number of amides is 1. The summed E-state index contributed by atoms with van der Waals surface area (Å²) in [7, 11) is 1.37. The van der Waals surface area contributed by atoms with Crippen molar-refractivity contribution in [1.82, 2.24) is 9.78 Å². The molecule has 0 atom stereocenters. The number of esters is 1. The van der Waals surface area contributed by atoms with Crippen LogP contribution >= 0.6 is 11.3 Å². The molecule has 0 radical (unpaired) electrons. The molecule has 1 aliphatic rings. The first-order chi connectivity index (χ1) is 13.7. The zero-order chi connectivity index (χ0) is 19.5. The number of carbonyl (C=O) groups is 2. The number of aryl methyl sites for hydroxylation is 1. The van der Waals surface area contributed by atoms with E-state index in [-0.39, 0.29) is 18.3 Å². The molecular formula is C21H21N3O3S. The van der Waals surface area contributed by atoms with Gasteiger partial charge in [0.05, 0.1) is 31.0 Å². The summed E-state index contributed by atoms with van der Waals surface area (Å²) in [6.45, 7) is 0. The van der Waals surface area contributed by atoms with E-state index in [1.807, 2.05) is 36.5 Å². The van der Waals surface area contributed by atoms with E-state index in [0.29, 0.717) is 10.6 Å². The lowest BCUT2D eigenvalue weighted by Crippen LogP contribution is -2.16. The van der Waals surface area contributed by atoms with Crippen molar-refractivity contribution in [3.05, 3.63) is 64.3 Å². The molecule has 0 bridgehead atoms. The first kappa shape index (κ1) is 18.4. The van der Waals surface area contributed by atoms with E-state index in [1.54, 1.807) is 10.9 Å². The highest BCUT2D eigenvalue weighted by atomic mass is 32.1. The quantitative estimate of drug-likeness (QED) is 0.667. The number of methoxy groups -OCH3 is 1. The van der Waals surface area contributed by atoms with Gasteiger partial charge < -0.3 is 10.1 Å². The van der Waals surface area contributed by atoms with Crippen molar-refractivity contribution in [3.63, 3.8) is 0 Å². The minimum Gasteiger partial charge on any atom is -0.465 e. The molecule has 144 valence electrons. The van der Waals surface area contributed by atoms with Gasteiger partial charge in [-0.2, -0.15) is 5.10 Å². The molecule has 4 rings (SSSR count). The van der Waals surface area contributed by atoms with E-state index in [9.17, 15) is 9.59 Å². The Morgan fingerprint density at radius 1 is 1.21 bits per heavy atom. The maximum absolute atomic E-state index is 12.6. The van der Waals surface area contributed by atoms with Crippen molar-refractivity contribution in [2.45, 2.75) is 32.1 Å². The monoisotopic (exact) mass is 395 g/mol. The van der Waals surface area contributed by atoms with E-state index < -0.39 is 0 Å². The molecule has 2 aromatic heterocycles. The number of carbonyl (C=O) groups excluding carboxylic acids is 2. The number of anilines is 1. The second-order valence-corrected chi connectivity index (χ2v) is 7.87. The largest absolute Gasteiger partial charge is 0.465 e. The topological polar surface area (TPSA) is 73.2 Å². The van der Waals surface area contributed by atoms with Crippen LogP contribution in [-0.4, -0.2) is 28.8 Å². The third-order valence-corrected chi connectivity index (χ3v) is 6.04. The van der Waals surface area contributed by atoms with E-state index in [2.05, 4.69) is 10.4 Å². The van der Waals surface area contributed by atoms with E-state index in [1.165, 1.54) is 23.3 Å². The maximum atomic E-state index is 12.6. The van der Waals surface area contributed by atoms with Gasteiger partial charge in [0.25, 0.3) is 0 Å². The van der Waals surface area contributed by atoms with Crippen LogP contribution in [0.25, 0.3) is 5.69 Å². The zero-order valence-electron chi connectivity index (χ0n) is 15.6. The number of fused-ring (bicyclic) bond motifs is 1. The molecule has 0 unspecified atom stereocenters. The Kier molecular flexibility index (Phi) is 5.25. The molecule has 2 heterocycles. The Bertz CT molecular complexity index is 1010. The molecule has 1 aromatic carbocycles. The maximum Gasteiger partial charge on any atom is 0.341 e. The van der Waals surface area contributed by atoms with Gasteiger partial charge in [-0.1, -0.05) is 18.2 Å². The molecule has 6 nitrogen and oxygen atoms in total. The van der Waals surface area contributed by atoms with Crippen molar-refractivity contribution >= 4 is 28.2 Å². The van der Waals surface area contributed by atoms with Gasteiger partial charge in [-0.15, -0.1) is 11.3 Å². The molecule has 0 saturated heterocycles. The first-order valence-electron chi connectivity index (χ1n) is 9.27. The fraction of sp³-hybridized carbons (Fsp3) is 0.286. The molecule has 0 spiro atoms. The second kappa shape index (κ2) is 7.98. The van der Waals surface area contributed by atoms with Crippen LogP contribution in [0.15, 0.2) is 42.7 Å². The van der Waals surface area contributed by atoms with E-state index in [4.69, 9.17) is 4.74 Å². The predicted molar refractivity (Wildman–Crippen MR) is 108 cm³/mol. The van der Waals surface area contributed by atoms with Crippen LogP contribution in [0.5, 0.6) is 0 Å². The summed E-state index contributed by atoms with van der Waals surface area (Å²) in [4.78, 5) is 26.1. The van der Waals surface area contributed by atoms with Gasteiger partial charge in [0, 0.05) is 11.1 Å². The molecule has 1 amide bonds. The summed E-state index contributed by atoms with van der Waals surface area (Å²) < 4.78 is 6.70. The van der Waals surface area contributed by atoms with Gasteiger partial charge in [-0.3, -0.25) is 4.79 Å². The third-order valence-electron chi connectivity index (χ3n) is 4.84. The van der Waals surface area contributed by atoms with Crippen LogP contribution in [0.4, 0.5) is 5.00 Å². The highest BCUT2D eigenvalue weighted by Crippen LogP contribution is 2.38. The summed E-state index contributed by atoms with van der Waals surface area (Å²) in [6.07, 6.45) is 7.69. The van der Waals surface area contributed by atoms with Crippen LogP contribution < -0.4 is 5.32 Å². The Morgan fingerprint density at radius 2 is 2.00 bits per heavy atom. The smallest absolute Gasteiger partial charge is 0.341 e. The van der Waals surface area contributed by atoms with Gasteiger partial charge in [-0.05, 0) is 48.9 Å². The Labute approximate surface area is 167 Å². The van der Waals surface area contributed by atoms with Gasteiger partial charge >= 0.3 is 5.97 Å². The fourth-order valence-corrected chi connectivity index (χ4v) is 4.80. The van der Waals surface area contributed by atoms with Crippen LogP contribution in [0.1, 0.15) is 39.2 Å². The molecule has 3 aromatic rings. The van der Waals surface area contributed by atoms with Gasteiger partial charge in [0.2, 0.25) is 5.91 Å². The van der Waals surface area contributed by atoms with Crippen molar-refractivity contribution in [2.75, 3.05) is 12.4 Å². The van der Waals surface area contributed by atoms with Crippen molar-refractivity contribution < 1.29 is 14.3 Å². The molecule has 0 saturated carbocycles. The van der Waals surface area contributed by atoms with E-state index >= 15 is 0 Å². The summed E-state index contributed by atoms with van der Waals surface area (Å²) in [5.41, 5.74) is 3.31. The standard InChI is InChI=1S/C21H21N3O3S/c1-27-21(26)19-16-9-5-6-10-17(16)28-20(19)23-18(25)11-14-12-22-24(13-14)15-7-3-2-4-8-15/h2-4,7-8,12-13H,5-6,9-11H2,1H3,(H,23,25). The number of nitrogens with zero attached hydrogens (tertiary/aromatic N) is 2. The normalized spacial score (nSPS) is 13.0. The lowest BCUT2D eigenvalue weighted by Gasteiger charge is -2.11. The van der Waals surface area contributed by atoms with Crippen molar-refractivity contribution in [3.8, 4) is 5.69 Å². The SMILES string of the molecule is COC(=O)c1c(NC(=O)Cc2cnn(-c3ccccc3)c2)sc2c1CCCC2. The van der Waals surface area contributed by atoms with Crippen molar-refractivity contribution in [1.29, 1.82) is 0 Å². The minimum atomic E-state index is -0.383. The van der Waals surface area contributed by atoms with Crippen LogP contribution in [-0.2, 0) is 28.8 Å². The Morgan fingerprint density at radius 3 is 2.79 bits per heavy atom. The minimum absolute atomic E-state index is 0.170. The number of rotatable bonds is 5. The highest BCUT2D eigenvalue weighted by Gasteiger charge is 2.26. The molecule has 7 heteroatoms.